The number of hydrogen-bond acceptors (Lipinski definition) is 3. The van der Waals surface area contributed by atoms with Crippen molar-refractivity contribution in [3.63, 3.8) is 0 Å². The SMILES string of the molecule is Cn1c(CCNC(=O)c2ccccc2)nc2ccccc2c1=O. The van der Waals surface area contributed by atoms with Gasteiger partial charge < -0.3 is 5.32 Å². The Balaban J connectivity index is 1.74. The number of fused-ring (bicyclic) bond motifs is 1. The standard InChI is InChI=1S/C18H17N3O2/c1-21-16(20-15-10-6-5-9-14(15)18(21)23)11-12-19-17(22)13-7-3-2-4-8-13/h2-10H,11-12H2,1H3,(H,19,22). The van der Waals surface area contributed by atoms with Gasteiger partial charge in [-0.3, -0.25) is 14.2 Å². The molecule has 1 heterocycles. The van der Waals surface area contributed by atoms with Gasteiger partial charge in [-0.15, -0.1) is 0 Å². The summed E-state index contributed by atoms with van der Waals surface area (Å²) in [5.41, 5.74) is 1.23. The molecule has 0 aliphatic carbocycles. The summed E-state index contributed by atoms with van der Waals surface area (Å²) in [5, 5.41) is 3.45. The fourth-order valence-electron chi connectivity index (χ4n) is 2.47. The van der Waals surface area contributed by atoms with Crippen molar-refractivity contribution in [2.45, 2.75) is 6.42 Å². The molecule has 0 spiro atoms. The first kappa shape index (κ1) is 15.0. The number of amides is 1. The van der Waals surface area contributed by atoms with E-state index >= 15 is 0 Å². The topological polar surface area (TPSA) is 64.0 Å². The van der Waals surface area contributed by atoms with Crippen LogP contribution in [0.1, 0.15) is 16.2 Å². The summed E-state index contributed by atoms with van der Waals surface area (Å²) < 4.78 is 1.54. The molecule has 0 aliphatic heterocycles. The summed E-state index contributed by atoms with van der Waals surface area (Å²) >= 11 is 0. The first-order chi connectivity index (χ1) is 11.2. The van der Waals surface area contributed by atoms with Crippen LogP contribution in [0.2, 0.25) is 0 Å². The van der Waals surface area contributed by atoms with Gasteiger partial charge in [0.1, 0.15) is 5.82 Å². The Morgan fingerprint density at radius 3 is 2.57 bits per heavy atom. The minimum absolute atomic E-state index is 0.0695. The normalized spacial score (nSPS) is 10.7. The molecule has 116 valence electrons. The molecule has 1 aromatic heterocycles. The zero-order valence-corrected chi connectivity index (χ0v) is 12.8. The first-order valence-corrected chi connectivity index (χ1v) is 7.45. The van der Waals surface area contributed by atoms with Crippen LogP contribution in [0.3, 0.4) is 0 Å². The van der Waals surface area contributed by atoms with E-state index < -0.39 is 0 Å². The average Bonchev–Trinajstić information content (AvgIpc) is 2.60. The number of rotatable bonds is 4. The molecule has 0 radical (unpaired) electrons. The van der Waals surface area contributed by atoms with Crippen molar-refractivity contribution in [3.8, 4) is 0 Å². The average molecular weight is 307 g/mol. The zero-order chi connectivity index (χ0) is 16.2. The van der Waals surface area contributed by atoms with Crippen LogP contribution in [0.4, 0.5) is 0 Å². The van der Waals surface area contributed by atoms with E-state index in [1.807, 2.05) is 36.4 Å². The number of benzene rings is 2. The molecule has 5 nitrogen and oxygen atoms in total. The third-order valence-corrected chi connectivity index (χ3v) is 3.75. The molecule has 1 N–H and O–H groups in total. The van der Waals surface area contributed by atoms with Crippen LogP contribution in [0.25, 0.3) is 10.9 Å². The minimum atomic E-state index is -0.128. The Morgan fingerprint density at radius 1 is 1.09 bits per heavy atom. The Bertz CT molecular complexity index is 901. The lowest BCUT2D eigenvalue weighted by Gasteiger charge is -2.10. The minimum Gasteiger partial charge on any atom is -0.352 e. The van der Waals surface area contributed by atoms with E-state index in [-0.39, 0.29) is 11.5 Å². The number of carbonyl (C=O) groups excluding carboxylic acids is 1. The predicted octanol–water partition coefficient (Wildman–Crippen LogP) is 1.91. The molecule has 0 saturated heterocycles. The van der Waals surface area contributed by atoms with Gasteiger partial charge in [0, 0.05) is 25.6 Å². The largest absolute Gasteiger partial charge is 0.352 e. The molecule has 3 aromatic rings. The van der Waals surface area contributed by atoms with E-state index in [1.165, 1.54) is 4.57 Å². The van der Waals surface area contributed by atoms with Crippen molar-refractivity contribution in [1.82, 2.24) is 14.9 Å². The van der Waals surface area contributed by atoms with E-state index in [0.29, 0.717) is 35.3 Å². The van der Waals surface area contributed by atoms with E-state index in [9.17, 15) is 9.59 Å². The van der Waals surface area contributed by atoms with Gasteiger partial charge in [0.15, 0.2) is 0 Å². The van der Waals surface area contributed by atoms with Gasteiger partial charge >= 0.3 is 0 Å². The second kappa shape index (κ2) is 6.44. The fourth-order valence-corrected chi connectivity index (χ4v) is 2.47. The number of carbonyl (C=O) groups is 1. The van der Waals surface area contributed by atoms with Crippen molar-refractivity contribution >= 4 is 16.8 Å². The molecule has 0 bridgehead atoms. The number of aromatic nitrogens is 2. The molecule has 0 fully saturated rings. The molecule has 0 atom stereocenters. The maximum Gasteiger partial charge on any atom is 0.261 e. The lowest BCUT2D eigenvalue weighted by molar-refractivity contribution is 0.0954. The van der Waals surface area contributed by atoms with Crippen LogP contribution >= 0.6 is 0 Å². The Kier molecular flexibility index (Phi) is 4.19. The second-order valence-corrected chi connectivity index (χ2v) is 5.28. The van der Waals surface area contributed by atoms with Crippen LogP contribution in [-0.2, 0) is 13.5 Å². The Labute approximate surface area is 133 Å². The van der Waals surface area contributed by atoms with E-state index in [0.717, 1.165) is 0 Å². The van der Waals surface area contributed by atoms with Crippen molar-refractivity contribution in [3.05, 3.63) is 76.3 Å². The third-order valence-electron chi connectivity index (χ3n) is 3.75. The molecule has 23 heavy (non-hydrogen) atoms. The number of nitrogens with one attached hydrogen (secondary N) is 1. The van der Waals surface area contributed by atoms with E-state index in [1.54, 1.807) is 25.2 Å². The lowest BCUT2D eigenvalue weighted by Crippen LogP contribution is -2.29. The first-order valence-electron chi connectivity index (χ1n) is 7.45. The van der Waals surface area contributed by atoms with Crippen LogP contribution in [-0.4, -0.2) is 22.0 Å². The fraction of sp³-hybridized carbons (Fsp3) is 0.167. The summed E-state index contributed by atoms with van der Waals surface area (Å²) in [6, 6.07) is 16.3. The lowest BCUT2D eigenvalue weighted by atomic mass is 10.2. The van der Waals surface area contributed by atoms with Gasteiger partial charge in [0.2, 0.25) is 0 Å². The summed E-state index contributed by atoms with van der Waals surface area (Å²) in [6.45, 7) is 0.423. The summed E-state index contributed by atoms with van der Waals surface area (Å²) in [4.78, 5) is 28.8. The van der Waals surface area contributed by atoms with Gasteiger partial charge in [-0.1, -0.05) is 30.3 Å². The second-order valence-electron chi connectivity index (χ2n) is 5.28. The van der Waals surface area contributed by atoms with Crippen LogP contribution in [0.15, 0.2) is 59.4 Å². The summed E-state index contributed by atoms with van der Waals surface area (Å²) in [5.74, 6) is 0.526. The quantitative estimate of drug-likeness (QED) is 0.801. The van der Waals surface area contributed by atoms with Crippen LogP contribution in [0.5, 0.6) is 0 Å². The summed E-state index contributed by atoms with van der Waals surface area (Å²) in [6.07, 6.45) is 0.495. The zero-order valence-electron chi connectivity index (χ0n) is 12.8. The third kappa shape index (κ3) is 3.13. The molecule has 0 unspecified atom stereocenters. The van der Waals surface area contributed by atoms with Gasteiger partial charge in [-0.05, 0) is 24.3 Å². The van der Waals surface area contributed by atoms with E-state index in [4.69, 9.17) is 0 Å². The smallest absolute Gasteiger partial charge is 0.261 e. The highest BCUT2D eigenvalue weighted by molar-refractivity contribution is 5.94. The maximum atomic E-state index is 12.3. The molecular formula is C18H17N3O2. The number of nitrogens with zero attached hydrogens (tertiary/aromatic N) is 2. The molecule has 5 heteroatoms. The van der Waals surface area contributed by atoms with Crippen LogP contribution < -0.4 is 10.9 Å². The number of hydrogen-bond donors (Lipinski definition) is 1. The molecular weight excluding hydrogens is 290 g/mol. The molecule has 3 rings (SSSR count). The van der Waals surface area contributed by atoms with Crippen LogP contribution in [0, 0.1) is 0 Å². The molecule has 1 amide bonds. The Morgan fingerprint density at radius 2 is 1.78 bits per heavy atom. The van der Waals surface area contributed by atoms with Crippen molar-refractivity contribution in [1.29, 1.82) is 0 Å². The van der Waals surface area contributed by atoms with Gasteiger partial charge in [0.25, 0.3) is 11.5 Å². The highest BCUT2D eigenvalue weighted by Crippen LogP contribution is 2.07. The molecule has 0 saturated carbocycles. The monoisotopic (exact) mass is 307 g/mol. The molecule has 0 aliphatic rings. The summed E-state index contributed by atoms with van der Waals surface area (Å²) in [7, 11) is 1.70. The highest BCUT2D eigenvalue weighted by Gasteiger charge is 2.09. The van der Waals surface area contributed by atoms with Gasteiger partial charge in [-0.25, -0.2) is 4.98 Å². The van der Waals surface area contributed by atoms with Gasteiger partial charge in [-0.2, -0.15) is 0 Å². The van der Waals surface area contributed by atoms with Gasteiger partial charge in [0.05, 0.1) is 10.9 Å². The van der Waals surface area contributed by atoms with E-state index in [2.05, 4.69) is 10.3 Å². The van der Waals surface area contributed by atoms with Crippen molar-refractivity contribution in [2.75, 3.05) is 6.54 Å². The Hall–Kier alpha value is -2.95. The van der Waals surface area contributed by atoms with Crippen molar-refractivity contribution < 1.29 is 4.79 Å². The maximum absolute atomic E-state index is 12.3. The highest BCUT2D eigenvalue weighted by atomic mass is 16.1. The predicted molar refractivity (Wildman–Crippen MR) is 89.5 cm³/mol. The number of para-hydroxylation sites is 1. The van der Waals surface area contributed by atoms with Crippen molar-refractivity contribution in [2.24, 2.45) is 7.05 Å². The molecule has 2 aromatic carbocycles.